The highest BCUT2D eigenvalue weighted by Crippen LogP contribution is 2.33. The van der Waals surface area contributed by atoms with Crippen LogP contribution in [0.25, 0.3) is 22.2 Å². The molecule has 1 heterocycles. The number of benzene rings is 1. The van der Waals surface area contributed by atoms with E-state index in [0.717, 1.165) is 11.3 Å². The van der Waals surface area contributed by atoms with E-state index in [1.54, 1.807) is 11.3 Å². The van der Waals surface area contributed by atoms with Gasteiger partial charge in [-0.05, 0) is 37.1 Å². The molecule has 0 spiro atoms. The van der Waals surface area contributed by atoms with Gasteiger partial charge in [0.25, 0.3) is 0 Å². The first-order valence-electron chi connectivity index (χ1n) is 5.77. The summed E-state index contributed by atoms with van der Waals surface area (Å²) in [5.41, 5.74) is 3.12. The lowest BCUT2D eigenvalue weighted by Gasteiger charge is -2.00. The van der Waals surface area contributed by atoms with Crippen molar-refractivity contribution < 1.29 is 0 Å². The largest absolute Gasteiger partial charge is 0.323 e. The second-order valence-electron chi connectivity index (χ2n) is 4.01. The van der Waals surface area contributed by atoms with E-state index in [9.17, 15) is 0 Å². The van der Waals surface area contributed by atoms with Crippen LogP contribution in [0.3, 0.4) is 0 Å². The average molecular weight is 256 g/mol. The third-order valence-corrected chi connectivity index (χ3v) is 4.07. The molecular weight excluding hydrogens is 240 g/mol. The lowest BCUT2D eigenvalue weighted by Crippen LogP contribution is -1.97. The molecule has 1 aromatic carbocycles. The van der Waals surface area contributed by atoms with E-state index in [2.05, 4.69) is 36.0 Å². The van der Waals surface area contributed by atoms with Crippen LogP contribution in [0.2, 0.25) is 0 Å². The number of fused-ring (bicyclic) bond motifs is 1. The lowest BCUT2D eigenvalue weighted by atomic mass is 10.0. The molecule has 0 aliphatic rings. The summed E-state index contributed by atoms with van der Waals surface area (Å²) in [6.45, 7) is 7.81. The molecule has 0 saturated heterocycles. The Morgan fingerprint density at radius 3 is 2.83 bits per heavy atom. The van der Waals surface area contributed by atoms with Gasteiger partial charge in [0, 0.05) is 15.0 Å². The molecule has 2 rings (SSSR count). The van der Waals surface area contributed by atoms with Crippen molar-refractivity contribution >= 4 is 39.3 Å². The highest BCUT2D eigenvalue weighted by Gasteiger charge is 2.09. The first-order chi connectivity index (χ1) is 8.71. The third-order valence-electron chi connectivity index (χ3n) is 2.89. The van der Waals surface area contributed by atoms with E-state index in [-0.39, 0.29) is 0 Å². The predicted molar refractivity (Wildman–Crippen MR) is 83.0 cm³/mol. The number of hydrogen-bond donors (Lipinski definition) is 1. The molecule has 0 atom stereocenters. The van der Waals surface area contributed by atoms with Gasteiger partial charge in [0.2, 0.25) is 0 Å². The fraction of sp³-hybridized carbons (Fsp3) is 0.133. The molecule has 0 aliphatic carbocycles. The van der Waals surface area contributed by atoms with Crippen LogP contribution in [-0.4, -0.2) is 5.71 Å². The molecule has 18 heavy (non-hydrogen) atoms. The van der Waals surface area contributed by atoms with Gasteiger partial charge in [-0.1, -0.05) is 30.9 Å². The first kappa shape index (κ1) is 12.6. The van der Waals surface area contributed by atoms with Crippen LogP contribution in [0.1, 0.15) is 29.9 Å². The smallest absolute Gasteiger partial charge is 0.0642 e. The van der Waals surface area contributed by atoms with Gasteiger partial charge >= 0.3 is 0 Å². The number of nitrogens with two attached hydrogens (primary N) is 1. The molecular formula is C15H16N2S. The van der Waals surface area contributed by atoms with Gasteiger partial charge in [-0.25, -0.2) is 0 Å². The molecule has 3 heteroatoms. The topological polar surface area (TPSA) is 38.4 Å². The van der Waals surface area contributed by atoms with Gasteiger partial charge in [0.15, 0.2) is 0 Å². The van der Waals surface area contributed by atoms with Crippen LogP contribution in [0, 0.1) is 0 Å². The lowest BCUT2D eigenvalue weighted by molar-refractivity contribution is 1.24. The second-order valence-corrected chi connectivity index (χ2v) is 5.09. The Labute approximate surface area is 111 Å². The SMILES string of the molecule is C=Cc1sc2ccc(/C(C)=N/N)cc2c1/C=C\C. The van der Waals surface area contributed by atoms with E-state index >= 15 is 0 Å². The van der Waals surface area contributed by atoms with Gasteiger partial charge in [-0.15, -0.1) is 11.3 Å². The molecule has 92 valence electrons. The summed E-state index contributed by atoms with van der Waals surface area (Å²) in [5.74, 6) is 5.34. The van der Waals surface area contributed by atoms with Crippen LogP contribution >= 0.6 is 11.3 Å². The highest BCUT2D eigenvalue weighted by molar-refractivity contribution is 7.20. The number of hydrogen-bond acceptors (Lipinski definition) is 3. The first-order valence-corrected chi connectivity index (χ1v) is 6.59. The van der Waals surface area contributed by atoms with E-state index in [4.69, 9.17) is 5.84 Å². The Bertz CT molecular complexity index is 648. The number of hydrazone groups is 1. The number of allylic oxidation sites excluding steroid dienone is 1. The third kappa shape index (κ3) is 2.09. The van der Waals surface area contributed by atoms with Crippen LogP contribution in [0.5, 0.6) is 0 Å². The van der Waals surface area contributed by atoms with E-state index < -0.39 is 0 Å². The quantitative estimate of drug-likeness (QED) is 0.497. The average Bonchev–Trinajstić information content (AvgIpc) is 2.75. The molecule has 0 amide bonds. The van der Waals surface area contributed by atoms with Gasteiger partial charge in [-0.2, -0.15) is 5.10 Å². The maximum atomic E-state index is 5.34. The van der Waals surface area contributed by atoms with Crippen molar-refractivity contribution in [2.24, 2.45) is 10.9 Å². The zero-order valence-corrected chi connectivity index (χ0v) is 11.4. The standard InChI is InChI=1S/C15H16N2S/c1-4-6-12-13-9-11(10(3)17-16)7-8-15(13)18-14(12)5-2/h4-9H,2,16H2,1,3H3/b6-4-,17-10+. The highest BCUT2D eigenvalue weighted by atomic mass is 32.1. The van der Waals surface area contributed by atoms with Crippen molar-refractivity contribution in [1.29, 1.82) is 0 Å². The van der Waals surface area contributed by atoms with E-state index in [1.165, 1.54) is 20.5 Å². The number of thiophene rings is 1. The van der Waals surface area contributed by atoms with Crippen molar-refractivity contribution in [2.45, 2.75) is 13.8 Å². The molecule has 0 fully saturated rings. The summed E-state index contributed by atoms with van der Waals surface area (Å²) < 4.78 is 1.26. The van der Waals surface area contributed by atoms with Crippen LogP contribution in [-0.2, 0) is 0 Å². The Hall–Kier alpha value is -1.87. The minimum absolute atomic E-state index is 0.842. The Kier molecular flexibility index (Phi) is 3.63. The van der Waals surface area contributed by atoms with Crippen LogP contribution in [0.15, 0.2) is 36.0 Å². The Balaban J connectivity index is 2.74. The summed E-state index contributed by atoms with van der Waals surface area (Å²) in [6, 6.07) is 6.31. The fourth-order valence-electron chi connectivity index (χ4n) is 1.93. The maximum Gasteiger partial charge on any atom is 0.0642 e. The minimum atomic E-state index is 0.842. The molecule has 2 N–H and O–H groups in total. The monoisotopic (exact) mass is 256 g/mol. The second kappa shape index (κ2) is 5.19. The fourth-order valence-corrected chi connectivity index (χ4v) is 2.95. The van der Waals surface area contributed by atoms with Crippen LogP contribution in [0.4, 0.5) is 0 Å². The van der Waals surface area contributed by atoms with E-state index in [1.807, 2.05) is 26.0 Å². The molecule has 1 aromatic heterocycles. The summed E-state index contributed by atoms with van der Waals surface area (Å²) in [4.78, 5) is 1.20. The minimum Gasteiger partial charge on any atom is -0.323 e. The zero-order valence-electron chi connectivity index (χ0n) is 10.6. The molecule has 2 aromatic rings. The van der Waals surface area contributed by atoms with Gasteiger partial charge in [0.05, 0.1) is 5.71 Å². The van der Waals surface area contributed by atoms with Crippen molar-refractivity contribution in [3.8, 4) is 0 Å². The summed E-state index contributed by atoms with van der Waals surface area (Å²) in [6.07, 6.45) is 6.07. The maximum absolute atomic E-state index is 5.34. The number of rotatable bonds is 3. The molecule has 0 unspecified atom stereocenters. The van der Waals surface area contributed by atoms with Crippen molar-refractivity contribution in [1.82, 2.24) is 0 Å². The van der Waals surface area contributed by atoms with Crippen molar-refractivity contribution in [2.75, 3.05) is 0 Å². The molecule has 0 bridgehead atoms. The molecule has 2 nitrogen and oxygen atoms in total. The van der Waals surface area contributed by atoms with Crippen LogP contribution < -0.4 is 5.84 Å². The normalized spacial score (nSPS) is 12.4. The molecule has 0 aliphatic heterocycles. The Morgan fingerprint density at radius 2 is 2.22 bits per heavy atom. The Morgan fingerprint density at radius 1 is 1.44 bits per heavy atom. The summed E-state index contributed by atoms with van der Waals surface area (Å²) in [5, 5.41) is 4.98. The molecule has 0 radical (unpaired) electrons. The van der Waals surface area contributed by atoms with Gasteiger partial charge in [0.1, 0.15) is 0 Å². The zero-order chi connectivity index (χ0) is 13.1. The summed E-state index contributed by atoms with van der Waals surface area (Å²) >= 11 is 1.75. The summed E-state index contributed by atoms with van der Waals surface area (Å²) in [7, 11) is 0. The van der Waals surface area contributed by atoms with Gasteiger partial charge in [-0.3, -0.25) is 0 Å². The van der Waals surface area contributed by atoms with Crippen molar-refractivity contribution in [3.05, 3.63) is 46.9 Å². The van der Waals surface area contributed by atoms with E-state index in [0.29, 0.717) is 0 Å². The van der Waals surface area contributed by atoms with Crippen molar-refractivity contribution in [3.63, 3.8) is 0 Å². The predicted octanol–water partition coefficient (Wildman–Crippen LogP) is 4.26. The van der Waals surface area contributed by atoms with Gasteiger partial charge < -0.3 is 5.84 Å². The molecule has 0 saturated carbocycles. The number of nitrogens with zero attached hydrogens (tertiary/aromatic N) is 1.